The Hall–Kier alpha value is -3.06. The number of aromatic nitrogens is 2. The van der Waals surface area contributed by atoms with Crippen LogP contribution in [-0.4, -0.2) is 23.1 Å². The van der Waals surface area contributed by atoms with Gasteiger partial charge in [0.05, 0.1) is 16.6 Å². The summed E-state index contributed by atoms with van der Waals surface area (Å²) in [5.41, 5.74) is 7.09. The minimum Gasteiger partial charge on any atom is -0.372 e. The van der Waals surface area contributed by atoms with Gasteiger partial charge < -0.3 is 9.88 Å². The van der Waals surface area contributed by atoms with Gasteiger partial charge in [-0.3, -0.25) is 0 Å². The highest BCUT2D eigenvalue weighted by atomic mass is 15.1. The second-order valence-electron chi connectivity index (χ2n) is 7.36. The number of aryl methyl sites for hydroxylation is 2. The van der Waals surface area contributed by atoms with Crippen LogP contribution in [0.2, 0.25) is 0 Å². The van der Waals surface area contributed by atoms with Crippen LogP contribution in [0.1, 0.15) is 41.8 Å². The van der Waals surface area contributed by atoms with E-state index >= 15 is 0 Å². The number of piperidine rings is 1. The van der Waals surface area contributed by atoms with Crippen LogP contribution in [0, 0.1) is 25.2 Å². The van der Waals surface area contributed by atoms with E-state index in [9.17, 15) is 5.26 Å². The van der Waals surface area contributed by atoms with Crippen molar-refractivity contribution in [2.75, 3.05) is 18.0 Å². The summed E-state index contributed by atoms with van der Waals surface area (Å²) >= 11 is 0. The van der Waals surface area contributed by atoms with Crippen molar-refractivity contribution in [3.63, 3.8) is 0 Å². The molecule has 1 aliphatic rings. The van der Waals surface area contributed by atoms with Crippen LogP contribution in [0.15, 0.2) is 36.4 Å². The number of fused-ring (bicyclic) bond motifs is 1. The lowest BCUT2D eigenvalue weighted by Gasteiger charge is -2.29. The van der Waals surface area contributed by atoms with Crippen LogP contribution in [0.3, 0.4) is 0 Å². The Kier molecular flexibility index (Phi) is 4.68. The average Bonchev–Trinajstić information content (AvgIpc) is 3.10. The zero-order valence-electron chi connectivity index (χ0n) is 15.9. The molecule has 1 N–H and O–H groups in total. The highest BCUT2D eigenvalue weighted by Gasteiger charge is 2.13. The van der Waals surface area contributed by atoms with E-state index < -0.39 is 0 Å². The van der Waals surface area contributed by atoms with Crippen molar-refractivity contribution in [2.45, 2.75) is 33.1 Å². The lowest BCUT2D eigenvalue weighted by Crippen LogP contribution is -2.29. The third-order valence-electron chi connectivity index (χ3n) is 5.29. The van der Waals surface area contributed by atoms with Crippen molar-refractivity contribution in [1.29, 1.82) is 5.26 Å². The fourth-order valence-electron chi connectivity index (χ4n) is 3.73. The Balaban J connectivity index is 1.66. The monoisotopic (exact) mass is 356 g/mol. The number of anilines is 1. The Morgan fingerprint density at radius 2 is 1.93 bits per heavy atom. The van der Waals surface area contributed by atoms with E-state index in [0.717, 1.165) is 29.7 Å². The number of aromatic amines is 1. The van der Waals surface area contributed by atoms with Crippen LogP contribution in [0.5, 0.6) is 0 Å². The van der Waals surface area contributed by atoms with Gasteiger partial charge in [-0.1, -0.05) is 12.1 Å². The van der Waals surface area contributed by atoms with Gasteiger partial charge in [-0.25, -0.2) is 4.98 Å². The fraction of sp³-hybridized carbons (Fsp3) is 0.304. The van der Waals surface area contributed by atoms with Crippen LogP contribution in [-0.2, 0) is 0 Å². The van der Waals surface area contributed by atoms with Gasteiger partial charge in [0.15, 0.2) is 0 Å². The maximum atomic E-state index is 9.68. The molecule has 3 aromatic rings. The van der Waals surface area contributed by atoms with Gasteiger partial charge in [0.1, 0.15) is 11.9 Å². The van der Waals surface area contributed by atoms with E-state index in [1.54, 1.807) is 0 Å². The molecule has 1 aromatic heterocycles. The van der Waals surface area contributed by atoms with E-state index in [1.807, 2.05) is 25.1 Å². The first-order valence-electron chi connectivity index (χ1n) is 9.58. The molecule has 2 aromatic carbocycles. The summed E-state index contributed by atoms with van der Waals surface area (Å²) in [5, 5.41) is 9.68. The van der Waals surface area contributed by atoms with Gasteiger partial charge in [-0.2, -0.15) is 5.26 Å². The van der Waals surface area contributed by atoms with Crippen LogP contribution in [0.4, 0.5) is 5.69 Å². The van der Waals surface area contributed by atoms with Crippen molar-refractivity contribution < 1.29 is 0 Å². The van der Waals surface area contributed by atoms with Gasteiger partial charge in [0.2, 0.25) is 0 Å². The summed E-state index contributed by atoms with van der Waals surface area (Å²) in [6.45, 7) is 6.43. The lowest BCUT2D eigenvalue weighted by atomic mass is 10.0. The fourth-order valence-corrected chi connectivity index (χ4v) is 3.73. The molecule has 0 amide bonds. The number of nitrogens with one attached hydrogen (secondary N) is 1. The molecule has 0 bridgehead atoms. The molecular weight excluding hydrogens is 332 g/mol. The van der Waals surface area contributed by atoms with Gasteiger partial charge in [-0.15, -0.1) is 0 Å². The number of nitrogens with zero attached hydrogens (tertiary/aromatic N) is 3. The predicted molar refractivity (Wildman–Crippen MR) is 112 cm³/mol. The van der Waals surface area contributed by atoms with E-state index in [1.165, 1.54) is 36.1 Å². The Morgan fingerprint density at radius 1 is 1.11 bits per heavy atom. The summed E-state index contributed by atoms with van der Waals surface area (Å²) in [6, 6.07) is 14.9. The van der Waals surface area contributed by atoms with Gasteiger partial charge >= 0.3 is 0 Å². The third kappa shape index (κ3) is 3.59. The largest absolute Gasteiger partial charge is 0.372 e. The normalized spacial score (nSPS) is 15.1. The number of imidazole rings is 1. The molecule has 0 spiro atoms. The molecule has 27 heavy (non-hydrogen) atoms. The molecule has 0 radical (unpaired) electrons. The van der Waals surface area contributed by atoms with Crippen molar-refractivity contribution in [3.8, 4) is 6.07 Å². The number of hydrogen-bond acceptors (Lipinski definition) is 3. The first-order chi connectivity index (χ1) is 13.1. The van der Waals surface area contributed by atoms with Crippen molar-refractivity contribution in [2.24, 2.45) is 0 Å². The van der Waals surface area contributed by atoms with E-state index in [2.05, 4.69) is 52.1 Å². The topological polar surface area (TPSA) is 55.7 Å². The molecule has 4 rings (SSSR count). The minimum absolute atomic E-state index is 0.553. The minimum atomic E-state index is 0.553. The average molecular weight is 356 g/mol. The summed E-state index contributed by atoms with van der Waals surface area (Å²) in [7, 11) is 0. The van der Waals surface area contributed by atoms with Crippen molar-refractivity contribution in [1.82, 2.24) is 9.97 Å². The highest BCUT2D eigenvalue weighted by molar-refractivity contribution is 5.91. The molecule has 136 valence electrons. The Bertz CT molecular complexity index is 1050. The van der Waals surface area contributed by atoms with Crippen LogP contribution < -0.4 is 4.90 Å². The predicted octanol–water partition coefficient (Wildman–Crippen LogP) is 5.23. The maximum absolute atomic E-state index is 9.68. The molecule has 2 heterocycles. The third-order valence-corrected chi connectivity index (χ3v) is 5.29. The zero-order chi connectivity index (χ0) is 18.8. The number of hydrogen-bond donors (Lipinski definition) is 1. The first-order valence-corrected chi connectivity index (χ1v) is 9.58. The molecule has 1 saturated heterocycles. The number of H-pyrrole nitrogens is 1. The lowest BCUT2D eigenvalue weighted by molar-refractivity contribution is 0.578. The van der Waals surface area contributed by atoms with E-state index in [-0.39, 0.29) is 0 Å². The summed E-state index contributed by atoms with van der Waals surface area (Å²) < 4.78 is 0. The Labute approximate surface area is 160 Å². The molecule has 0 atom stereocenters. The Morgan fingerprint density at radius 3 is 2.67 bits per heavy atom. The highest BCUT2D eigenvalue weighted by Crippen LogP contribution is 2.26. The molecule has 0 unspecified atom stereocenters. The van der Waals surface area contributed by atoms with Crippen LogP contribution in [0.25, 0.3) is 22.7 Å². The molecular formula is C23H24N4. The second kappa shape index (κ2) is 7.28. The van der Waals surface area contributed by atoms with E-state index in [4.69, 9.17) is 0 Å². The SMILES string of the molecule is Cc1ccc2nc(C(C#N)=Cc3ccc(N4CCCCC4)cc3C)[nH]c2c1. The van der Waals surface area contributed by atoms with E-state index in [0.29, 0.717) is 11.4 Å². The summed E-state index contributed by atoms with van der Waals surface area (Å²) in [5.74, 6) is 0.623. The molecule has 0 saturated carbocycles. The molecule has 0 aliphatic carbocycles. The van der Waals surface area contributed by atoms with Gasteiger partial charge in [0.25, 0.3) is 0 Å². The van der Waals surface area contributed by atoms with Gasteiger partial charge in [0, 0.05) is 18.8 Å². The summed E-state index contributed by atoms with van der Waals surface area (Å²) in [6.07, 6.45) is 5.80. The second-order valence-corrected chi connectivity index (χ2v) is 7.36. The zero-order valence-corrected chi connectivity index (χ0v) is 15.9. The molecule has 4 heteroatoms. The number of rotatable bonds is 3. The maximum Gasteiger partial charge on any atom is 0.149 e. The summed E-state index contributed by atoms with van der Waals surface area (Å²) in [4.78, 5) is 10.3. The van der Waals surface area contributed by atoms with Crippen molar-refractivity contribution in [3.05, 3.63) is 58.9 Å². The first kappa shape index (κ1) is 17.4. The number of nitriles is 1. The number of allylic oxidation sites excluding steroid dienone is 1. The molecule has 1 fully saturated rings. The van der Waals surface area contributed by atoms with Gasteiger partial charge in [-0.05, 0) is 80.1 Å². The van der Waals surface area contributed by atoms with Crippen LogP contribution >= 0.6 is 0 Å². The molecule has 1 aliphatic heterocycles. The molecule has 4 nitrogen and oxygen atoms in total. The smallest absolute Gasteiger partial charge is 0.149 e. The quantitative estimate of drug-likeness (QED) is 0.653. The number of benzene rings is 2. The van der Waals surface area contributed by atoms with Crippen molar-refractivity contribution >= 4 is 28.4 Å². The standard InChI is InChI=1S/C23H24N4/c1-16-6-9-21-22(12-16)26-23(25-21)19(15-24)14-18-7-8-20(13-17(18)2)27-10-4-3-5-11-27/h6-9,12-14H,3-5,10-11H2,1-2H3,(H,25,26).